The van der Waals surface area contributed by atoms with E-state index in [0.717, 1.165) is 6.20 Å². The van der Waals surface area contributed by atoms with Crippen LogP contribution in [0.5, 0.6) is 5.75 Å². The third kappa shape index (κ3) is 3.92. The maximum absolute atomic E-state index is 14.2. The second kappa shape index (κ2) is 9.05. The lowest BCUT2D eigenvalue weighted by Crippen LogP contribution is -2.52. The topological polar surface area (TPSA) is 126 Å². The first-order valence-electron chi connectivity index (χ1n) is 11.4. The van der Waals surface area contributed by atoms with Crippen molar-refractivity contribution >= 4 is 29.1 Å². The number of oxime groups is 1. The summed E-state index contributed by atoms with van der Waals surface area (Å²) >= 11 is 5.54. The van der Waals surface area contributed by atoms with Crippen LogP contribution in [0, 0.1) is 11.6 Å². The monoisotopic (exact) mass is 539 g/mol. The quantitative estimate of drug-likeness (QED) is 0.615. The molecular formula is C23H21ClF3N5O5. The summed E-state index contributed by atoms with van der Waals surface area (Å²) < 4.78 is 42.3. The molecule has 5 heterocycles. The van der Waals surface area contributed by atoms with E-state index in [2.05, 4.69) is 15.5 Å². The molecule has 1 fully saturated rings. The van der Waals surface area contributed by atoms with Gasteiger partial charge in [0.1, 0.15) is 17.3 Å². The van der Waals surface area contributed by atoms with Crippen molar-refractivity contribution in [3.05, 3.63) is 56.2 Å². The third-order valence-electron chi connectivity index (χ3n) is 7.17. The number of alkyl halides is 1. The highest BCUT2D eigenvalue weighted by molar-refractivity contribution is 6.30. The predicted octanol–water partition coefficient (Wildman–Crippen LogP) is 2.47. The second-order valence-electron chi connectivity index (χ2n) is 9.32. The Morgan fingerprint density at radius 3 is 2.84 bits per heavy atom. The van der Waals surface area contributed by atoms with Crippen LogP contribution in [0.3, 0.4) is 0 Å². The lowest BCUT2D eigenvalue weighted by Gasteiger charge is -2.41. The molecule has 2 aromatic rings. The summed E-state index contributed by atoms with van der Waals surface area (Å²) in [5.41, 5.74) is -3.21. The Morgan fingerprint density at radius 1 is 1.38 bits per heavy atom. The molecule has 14 heteroatoms. The van der Waals surface area contributed by atoms with Gasteiger partial charge in [0, 0.05) is 25.2 Å². The molecule has 2 amide bonds. The number of nitrogens with one attached hydrogen (secondary N) is 1. The molecular weight excluding hydrogens is 519 g/mol. The third-order valence-corrected chi connectivity index (χ3v) is 7.51. The first-order valence-corrected chi connectivity index (χ1v) is 11.8. The van der Waals surface area contributed by atoms with E-state index >= 15 is 0 Å². The standard InChI is InChI=1S/C23H21ClF3N5O5/c1-10-2-3-23(4-11(5-25)30-37-23)15-9-31(10)22(36)18-20(34)19(33)12(8-32(15)18)21(35)29-7-14-17(27)16(24)13(26)6-28-14/h6,8,10,15,34H,2-5,7,9H2,1H3,(H,29,35). The lowest BCUT2D eigenvalue weighted by molar-refractivity contribution is -0.0655. The van der Waals surface area contributed by atoms with Gasteiger partial charge in [-0.15, -0.1) is 0 Å². The highest BCUT2D eigenvalue weighted by atomic mass is 35.5. The van der Waals surface area contributed by atoms with Crippen LogP contribution in [-0.2, 0) is 11.4 Å². The Balaban J connectivity index is 1.54. The molecule has 37 heavy (non-hydrogen) atoms. The molecule has 3 unspecified atom stereocenters. The van der Waals surface area contributed by atoms with E-state index in [1.165, 1.54) is 9.47 Å². The van der Waals surface area contributed by atoms with Gasteiger partial charge < -0.3 is 24.7 Å². The number of nitrogens with zero attached hydrogens (tertiary/aromatic N) is 4. The van der Waals surface area contributed by atoms with Gasteiger partial charge in [-0.1, -0.05) is 16.8 Å². The number of rotatable bonds is 4. The molecule has 3 atom stereocenters. The highest BCUT2D eigenvalue weighted by Gasteiger charge is 2.54. The van der Waals surface area contributed by atoms with Crippen LogP contribution < -0.4 is 10.7 Å². The molecule has 3 aliphatic heterocycles. The summed E-state index contributed by atoms with van der Waals surface area (Å²) in [4.78, 5) is 49.9. The maximum atomic E-state index is 14.2. The smallest absolute Gasteiger partial charge is 0.274 e. The van der Waals surface area contributed by atoms with Crippen LogP contribution in [0.2, 0.25) is 5.02 Å². The summed E-state index contributed by atoms with van der Waals surface area (Å²) in [7, 11) is 0. The molecule has 10 nitrogen and oxygen atoms in total. The molecule has 0 saturated carbocycles. The molecule has 2 bridgehead atoms. The van der Waals surface area contributed by atoms with Crippen molar-refractivity contribution in [3.8, 4) is 5.75 Å². The fourth-order valence-electron chi connectivity index (χ4n) is 5.12. The minimum absolute atomic E-state index is 0.120. The number of hydrogen-bond acceptors (Lipinski definition) is 7. The fraction of sp³-hybridized carbons (Fsp3) is 0.435. The minimum Gasteiger partial charge on any atom is -0.503 e. The van der Waals surface area contributed by atoms with Crippen molar-refractivity contribution in [2.45, 2.75) is 50.4 Å². The first kappa shape index (κ1) is 25.1. The number of carbonyl (C=O) groups is 2. The van der Waals surface area contributed by atoms with Crippen LogP contribution in [-0.4, -0.2) is 61.9 Å². The Kier molecular flexibility index (Phi) is 6.13. The molecule has 0 aliphatic carbocycles. The van der Waals surface area contributed by atoms with E-state index < -0.39 is 70.1 Å². The van der Waals surface area contributed by atoms with Crippen molar-refractivity contribution in [3.63, 3.8) is 0 Å². The zero-order chi connectivity index (χ0) is 26.6. The first-order chi connectivity index (χ1) is 17.6. The number of carbonyl (C=O) groups excluding carboxylic acids is 2. The number of amides is 2. The summed E-state index contributed by atoms with van der Waals surface area (Å²) in [5, 5.41) is 16.1. The van der Waals surface area contributed by atoms with Crippen molar-refractivity contribution in [2.24, 2.45) is 5.16 Å². The summed E-state index contributed by atoms with van der Waals surface area (Å²) in [6, 6.07) is -0.963. The largest absolute Gasteiger partial charge is 0.503 e. The number of halogens is 4. The lowest BCUT2D eigenvalue weighted by atomic mass is 9.84. The number of pyridine rings is 2. The van der Waals surface area contributed by atoms with Crippen molar-refractivity contribution in [1.29, 1.82) is 0 Å². The minimum atomic E-state index is -1.17. The van der Waals surface area contributed by atoms with Crippen LogP contribution in [0.25, 0.3) is 0 Å². The van der Waals surface area contributed by atoms with Crippen LogP contribution in [0.1, 0.15) is 58.8 Å². The van der Waals surface area contributed by atoms with Gasteiger partial charge in [0.25, 0.3) is 11.8 Å². The van der Waals surface area contributed by atoms with Crippen LogP contribution in [0.4, 0.5) is 13.2 Å². The maximum Gasteiger partial charge on any atom is 0.274 e. The van der Waals surface area contributed by atoms with E-state index in [9.17, 15) is 32.7 Å². The molecule has 3 aliphatic rings. The number of aromatic nitrogens is 2. The number of hydrogen-bond donors (Lipinski definition) is 2. The predicted molar refractivity (Wildman–Crippen MR) is 123 cm³/mol. The Hall–Kier alpha value is -3.61. The Bertz CT molecular complexity index is 1420. The van der Waals surface area contributed by atoms with E-state index in [1.54, 1.807) is 0 Å². The molecule has 0 aromatic carbocycles. The zero-order valence-corrected chi connectivity index (χ0v) is 20.2. The van der Waals surface area contributed by atoms with Crippen LogP contribution in [0.15, 0.2) is 22.3 Å². The average molecular weight is 540 g/mol. The average Bonchev–Trinajstić information content (AvgIpc) is 3.26. The number of aromatic hydroxyl groups is 1. The van der Waals surface area contributed by atoms with Crippen LogP contribution >= 0.6 is 11.6 Å². The second-order valence-corrected chi connectivity index (χ2v) is 9.70. The molecule has 2 N–H and O–H groups in total. The van der Waals surface area contributed by atoms with Gasteiger partial charge in [-0.05, 0) is 19.8 Å². The SMILES string of the molecule is CC1CCC2(CC(CF)=NO2)C2CN1C(=O)c1c(O)c(=O)c(C(=O)NCc3ncc(F)c(Cl)c3F)cn12. The molecule has 196 valence electrons. The summed E-state index contributed by atoms with van der Waals surface area (Å²) in [6.45, 7) is 0.581. The molecule has 1 spiro atoms. The van der Waals surface area contributed by atoms with Gasteiger partial charge in [0.05, 0.1) is 30.2 Å². The normalized spacial score (nSPS) is 24.4. The van der Waals surface area contributed by atoms with E-state index in [1.807, 2.05) is 6.92 Å². The van der Waals surface area contributed by atoms with Crippen molar-refractivity contribution in [2.75, 3.05) is 13.2 Å². The zero-order valence-electron chi connectivity index (χ0n) is 19.4. The molecule has 1 saturated heterocycles. The van der Waals surface area contributed by atoms with E-state index in [-0.39, 0.29) is 36.1 Å². The summed E-state index contributed by atoms with van der Waals surface area (Å²) in [6.07, 6.45) is 2.85. The van der Waals surface area contributed by atoms with Gasteiger partial charge >= 0.3 is 0 Å². The van der Waals surface area contributed by atoms with E-state index in [4.69, 9.17) is 16.4 Å². The molecule has 5 rings (SSSR count). The van der Waals surface area contributed by atoms with Crippen molar-refractivity contribution in [1.82, 2.24) is 19.8 Å². The van der Waals surface area contributed by atoms with Gasteiger partial charge in [0.15, 0.2) is 28.7 Å². The number of fused-ring (bicyclic) bond motifs is 5. The molecule has 0 radical (unpaired) electrons. The van der Waals surface area contributed by atoms with Gasteiger partial charge in [0.2, 0.25) is 5.43 Å². The molecule has 2 aromatic heterocycles. The van der Waals surface area contributed by atoms with Gasteiger partial charge in [-0.2, -0.15) is 0 Å². The Labute approximate surface area is 212 Å². The Morgan fingerprint density at radius 2 is 2.14 bits per heavy atom. The van der Waals surface area contributed by atoms with Crippen molar-refractivity contribution < 1.29 is 32.7 Å². The summed E-state index contributed by atoms with van der Waals surface area (Å²) in [5.74, 6) is -4.79. The van der Waals surface area contributed by atoms with Gasteiger partial charge in [-0.25, -0.2) is 13.2 Å². The highest BCUT2D eigenvalue weighted by Crippen LogP contribution is 2.46. The fourth-order valence-corrected chi connectivity index (χ4v) is 5.28. The van der Waals surface area contributed by atoms with E-state index in [0.29, 0.717) is 19.0 Å². The van der Waals surface area contributed by atoms with Gasteiger partial charge in [-0.3, -0.25) is 19.4 Å².